The Morgan fingerprint density at radius 2 is 1.84 bits per heavy atom. The quantitative estimate of drug-likeness (QED) is 0.577. The van der Waals surface area contributed by atoms with Crippen LogP contribution in [0.25, 0.3) is 0 Å². The molecule has 1 amide bonds. The van der Waals surface area contributed by atoms with Gasteiger partial charge in [-0.05, 0) is 55.0 Å². The third kappa shape index (κ3) is 5.25. The molecule has 6 nitrogen and oxygen atoms in total. The summed E-state index contributed by atoms with van der Waals surface area (Å²) in [7, 11) is 1.85. The molecule has 0 radical (unpaired) electrons. The van der Waals surface area contributed by atoms with Gasteiger partial charge in [-0.2, -0.15) is 0 Å². The van der Waals surface area contributed by atoms with Gasteiger partial charge in [-0.1, -0.05) is 42.5 Å². The normalized spacial score (nSPS) is 22.1. The first-order chi connectivity index (χ1) is 15.1. The summed E-state index contributed by atoms with van der Waals surface area (Å²) < 4.78 is 0. The van der Waals surface area contributed by atoms with Crippen LogP contribution in [0.4, 0.5) is 0 Å². The lowest BCUT2D eigenvalue weighted by Gasteiger charge is -2.48. The van der Waals surface area contributed by atoms with Crippen LogP contribution in [0.5, 0.6) is 0 Å². The van der Waals surface area contributed by atoms with Crippen molar-refractivity contribution in [3.8, 4) is 0 Å². The third-order valence-electron chi connectivity index (χ3n) is 6.61. The summed E-state index contributed by atoms with van der Waals surface area (Å²) in [5.74, 6) is 1.24. The number of nitrogens with one attached hydrogen (secondary N) is 1. The summed E-state index contributed by atoms with van der Waals surface area (Å²) in [4.78, 5) is 20.9. The standard InChI is InChI=1S/C25H33N5O/c1-27-25(28-16-19-9-11-21(12-10-19)24(26)31)30-15-13-23-22(18-30)8-5-14-29(23)17-20-6-3-2-4-7-20/h2-4,6-7,9-12,22-23H,5,8,13-18H2,1H3,(H2,26,31)(H,27,28). The number of nitrogens with zero attached hydrogens (tertiary/aromatic N) is 3. The number of rotatable bonds is 5. The van der Waals surface area contributed by atoms with Crippen LogP contribution >= 0.6 is 0 Å². The molecule has 2 aromatic rings. The molecule has 3 N–H and O–H groups in total. The van der Waals surface area contributed by atoms with Crippen molar-refractivity contribution in [1.82, 2.24) is 15.1 Å². The van der Waals surface area contributed by atoms with E-state index >= 15 is 0 Å². The number of carbonyl (C=O) groups is 1. The van der Waals surface area contributed by atoms with Crippen LogP contribution < -0.4 is 11.1 Å². The minimum Gasteiger partial charge on any atom is -0.366 e. The number of hydrogen-bond donors (Lipinski definition) is 2. The second-order valence-corrected chi connectivity index (χ2v) is 8.62. The van der Waals surface area contributed by atoms with E-state index in [2.05, 4.69) is 50.4 Å². The molecule has 2 unspecified atom stereocenters. The van der Waals surface area contributed by atoms with E-state index in [1.54, 1.807) is 12.1 Å². The molecule has 2 atom stereocenters. The molecule has 164 valence electrons. The monoisotopic (exact) mass is 419 g/mol. The molecule has 4 rings (SSSR count). The molecule has 2 heterocycles. The van der Waals surface area contributed by atoms with E-state index in [0.717, 1.165) is 31.2 Å². The van der Waals surface area contributed by atoms with Gasteiger partial charge in [-0.25, -0.2) is 0 Å². The number of guanidine groups is 1. The molecule has 2 saturated heterocycles. The highest BCUT2D eigenvalue weighted by Gasteiger charge is 2.36. The first-order valence-corrected chi connectivity index (χ1v) is 11.3. The van der Waals surface area contributed by atoms with Gasteiger partial charge in [-0.3, -0.25) is 14.7 Å². The molecule has 31 heavy (non-hydrogen) atoms. The summed E-state index contributed by atoms with van der Waals surface area (Å²) in [6, 6.07) is 18.9. The zero-order valence-electron chi connectivity index (χ0n) is 18.3. The van der Waals surface area contributed by atoms with Gasteiger partial charge in [0.05, 0.1) is 0 Å². The maximum Gasteiger partial charge on any atom is 0.248 e. The molecule has 2 aliphatic heterocycles. The number of carbonyl (C=O) groups excluding carboxylic acids is 1. The smallest absolute Gasteiger partial charge is 0.248 e. The number of likely N-dealkylation sites (tertiary alicyclic amines) is 2. The summed E-state index contributed by atoms with van der Waals surface area (Å²) in [6.07, 6.45) is 3.73. The molecule has 0 saturated carbocycles. The fourth-order valence-electron chi connectivity index (χ4n) is 5.01. The van der Waals surface area contributed by atoms with Crippen LogP contribution in [0.3, 0.4) is 0 Å². The van der Waals surface area contributed by atoms with Gasteiger partial charge in [0.15, 0.2) is 5.96 Å². The minimum absolute atomic E-state index is 0.396. The number of amides is 1. The number of aliphatic imine (C=N–C) groups is 1. The zero-order chi connectivity index (χ0) is 21.6. The molecule has 2 aliphatic rings. The molecule has 2 fully saturated rings. The van der Waals surface area contributed by atoms with Gasteiger partial charge >= 0.3 is 0 Å². The molecular formula is C25H33N5O. The molecule has 6 heteroatoms. The van der Waals surface area contributed by atoms with Crippen molar-refractivity contribution in [2.45, 2.75) is 38.4 Å². The Balaban J connectivity index is 1.34. The molecule has 0 aromatic heterocycles. The van der Waals surface area contributed by atoms with Crippen LogP contribution in [0.1, 0.15) is 40.7 Å². The number of fused-ring (bicyclic) bond motifs is 1. The number of benzene rings is 2. The Bertz CT molecular complexity index is 896. The fraction of sp³-hybridized carbons (Fsp3) is 0.440. The van der Waals surface area contributed by atoms with Crippen LogP contribution in [0, 0.1) is 5.92 Å². The summed E-state index contributed by atoms with van der Waals surface area (Å²) in [5.41, 5.74) is 8.37. The van der Waals surface area contributed by atoms with Crippen LogP contribution in [0.2, 0.25) is 0 Å². The van der Waals surface area contributed by atoms with E-state index < -0.39 is 5.91 Å². The number of hydrogen-bond acceptors (Lipinski definition) is 3. The molecular weight excluding hydrogens is 386 g/mol. The first-order valence-electron chi connectivity index (χ1n) is 11.3. The Morgan fingerprint density at radius 3 is 2.55 bits per heavy atom. The van der Waals surface area contributed by atoms with Crippen molar-refractivity contribution < 1.29 is 4.79 Å². The minimum atomic E-state index is -0.396. The summed E-state index contributed by atoms with van der Waals surface area (Å²) >= 11 is 0. The van der Waals surface area contributed by atoms with Crippen molar-refractivity contribution in [3.05, 3.63) is 71.3 Å². The van der Waals surface area contributed by atoms with Crippen LogP contribution in [-0.4, -0.2) is 54.4 Å². The average Bonchev–Trinajstić information content (AvgIpc) is 2.80. The second-order valence-electron chi connectivity index (χ2n) is 8.62. The van der Waals surface area contributed by atoms with Crippen molar-refractivity contribution in [1.29, 1.82) is 0 Å². The largest absolute Gasteiger partial charge is 0.366 e. The maximum atomic E-state index is 11.2. The Hall–Kier alpha value is -2.86. The topological polar surface area (TPSA) is 74.0 Å². The predicted octanol–water partition coefficient (Wildman–Crippen LogP) is 2.85. The predicted molar refractivity (Wildman–Crippen MR) is 125 cm³/mol. The fourth-order valence-corrected chi connectivity index (χ4v) is 5.01. The third-order valence-corrected chi connectivity index (χ3v) is 6.61. The maximum absolute atomic E-state index is 11.2. The highest BCUT2D eigenvalue weighted by Crippen LogP contribution is 2.31. The van der Waals surface area contributed by atoms with Gasteiger partial charge in [0.25, 0.3) is 0 Å². The van der Waals surface area contributed by atoms with Crippen molar-refractivity contribution in [3.63, 3.8) is 0 Å². The zero-order valence-corrected chi connectivity index (χ0v) is 18.3. The van der Waals surface area contributed by atoms with Crippen molar-refractivity contribution in [2.75, 3.05) is 26.7 Å². The van der Waals surface area contributed by atoms with E-state index in [0.29, 0.717) is 24.1 Å². The SMILES string of the molecule is CN=C(NCc1ccc(C(N)=O)cc1)N1CCC2C(CCCN2Cc2ccccc2)C1. The lowest BCUT2D eigenvalue weighted by atomic mass is 9.83. The summed E-state index contributed by atoms with van der Waals surface area (Å²) in [6.45, 7) is 5.00. The molecule has 2 aromatic carbocycles. The molecule has 0 aliphatic carbocycles. The number of primary amides is 1. The van der Waals surface area contributed by atoms with E-state index in [1.807, 2.05) is 19.2 Å². The summed E-state index contributed by atoms with van der Waals surface area (Å²) in [5, 5.41) is 3.50. The van der Waals surface area contributed by atoms with Gasteiger partial charge in [0.1, 0.15) is 0 Å². The molecule has 0 bridgehead atoms. The van der Waals surface area contributed by atoms with E-state index in [4.69, 9.17) is 5.73 Å². The first kappa shape index (κ1) is 21.4. The highest BCUT2D eigenvalue weighted by atomic mass is 16.1. The van der Waals surface area contributed by atoms with E-state index in [9.17, 15) is 4.79 Å². The van der Waals surface area contributed by atoms with E-state index in [-0.39, 0.29) is 0 Å². The van der Waals surface area contributed by atoms with Gasteiger partial charge in [0.2, 0.25) is 5.91 Å². The van der Waals surface area contributed by atoms with Crippen LogP contribution in [-0.2, 0) is 13.1 Å². The van der Waals surface area contributed by atoms with Crippen molar-refractivity contribution in [2.24, 2.45) is 16.6 Å². The Labute approximate surface area is 185 Å². The lowest BCUT2D eigenvalue weighted by Crippen LogP contribution is -2.56. The van der Waals surface area contributed by atoms with E-state index in [1.165, 1.54) is 31.4 Å². The van der Waals surface area contributed by atoms with Gasteiger partial charge in [-0.15, -0.1) is 0 Å². The molecule has 0 spiro atoms. The van der Waals surface area contributed by atoms with Gasteiger partial charge < -0.3 is 16.0 Å². The van der Waals surface area contributed by atoms with Crippen LogP contribution in [0.15, 0.2) is 59.6 Å². The van der Waals surface area contributed by atoms with Gasteiger partial charge in [0, 0.05) is 44.8 Å². The Kier molecular flexibility index (Phi) is 6.87. The Morgan fingerprint density at radius 1 is 1.06 bits per heavy atom. The highest BCUT2D eigenvalue weighted by molar-refractivity contribution is 5.92. The second kappa shape index (κ2) is 9.96. The van der Waals surface area contributed by atoms with Crippen molar-refractivity contribution >= 4 is 11.9 Å². The number of nitrogens with two attached hydrogens (primary N) is 1. The number of piperidine rings is 2. The lowest BCUT2D eigenvalue weighted by molar-refractivity contribution is 0.0372. The average molecular weight is 420 g/mol.